The first-order valence-electron chi connectivity index (χ1n) is 10.6. The number of hydrogen-bond donors (Lipinski definition) is 0. The second-order valence-electron chi connectivity index (χ2n) is 8.22. The van der Waals surface area contributed by atoms with Crippen molar-refractivity contribution in [2.24, 2.45) is 14.1 Å². The average Bonchev–Trinajstić information content (AvgIpc) is 3.40. The van der Waals surface area contributed by atoms with Gasteiger partial charge < -0.3 is 4.57 Å². The fraction of sp³-hybridized carbons (Fsp3) is 0.545. The molecule has 0 N–H and O–H groups in total. The molecule has 3 aromatic rings. The molecule has 1 atom stereocenters. The maximum absolute atomic E-state index is 12.8. The average molecular weight is 413 g/mol. The van der Waals surface area contributed by atoms with Crippen LogP contribution in [-0.4, -0.2) is 41.7 Å². The van der Waals surface area contributed by atoms with Crippen LogP contribution in [0.4, 0.5) is 0 Å². The number of hydrogen-bond acceptors (Lipinski definition) is 5. The number of nitrogens with zero attached hydrogens (tertiary/aromatic N) is 6. The van der Waals surface area contributed by atoms with Crippen molar-refractivity contribution < 1.29 is 0 Å². The van der Waals surface area contributed by atoms with Gasteiger partial charge in [0.05, 0.1) is 11.9 Å². The van der Waals surface area contributed by atoms with E-state index in [2.05, 4.69) is 34.8 Å². The van der Waals surface area contributed by atoms with E-state index in [-0.39, 0.29) is 16.8 Å². The molecule has 1 aliphatic rings. The third kappa shape index (κ3) is 3.71. The van der Waals surface area contributed by atoms with Crippen LogP contribution in [0.3, 0.4) is 0 Å². The first-order chi connectivity index (χ1) is 14.3. The first-order valence-corrected chi connectivity index (χ1v) is 10.6. The van der Waals surface area contributed by atoms with Crippen LogP contribution in [0.1, 0.15) is 52.1 Å². The van der Waals surface area contributed by atoms with E-state index < -0.39 is 0 Å². The summed E-state index contributed by atoms with van der Waals surface area (Å²) in [6.07, 6.45) is 7.65. The minimum absolute atomic E-state index is 0.311. The van der Waals surface area contributed by atoms with E-state index in [1.165, 1.54) is 17.2 Å². The van der Waals surface area contributed by atoms with Gasteiger partial charge in [-0.1, -0.05) is 19.9 Å². The molecular weight excluding hydrogens is 380 g/mol. The molecule has 8 heteroatoms. The predicted molar refractivity (Wildman–Crippen MR) is 119 cm³/mol. The zero-order valence-electron chi connectivity index (χ0n) is 18.8. The van der Waals surface area contributed by atoms with Crippen molar-refractivity contribution in [2.45, 2.75) is 52.1 Å². The fourth-order valence-electron chi connectivity index (χ4n) is 4.34. The number of fused-ring (bicyclic) bond motifs is 1. The van der Waals surface area contributed by atoms with Gasteiger partial charge in [0, 0.05) is 39.1 Å². The van der Waals surface area contributed by atoms with Crippen molar-refractivity contribution in [3.8, 4) is 0 Å². The highest BCUT2D eigenvalue weighted by atomic mass is 16.2. The van der Waals surface area contributed by atoms with Crippen molar-refractivity contribution >= 4 is 11.2 Å². The van der Waals surface area contributed by atoms with Gasteiger partial charge in [0.15, 0.2) is 11.2 Å². The molecule has 30 heavy (non-hydrogen) atoms. The van der Waals surface area contributed by atoms with Crippen molar-refractivity contribution in [3.05, 3.63) is 57.3 Å². The summed E-state index contributed by atoms with van der Waals surface area (Å²) in [6, 6.07) is 4.43. The van der Waals surface area contributed by atoms with E-state index in [4.69, 9.17) is 0 Å². The number of pyridine rings is 1. The van der Waals surface area contributed by atoms with E-state index in [1.807, 2.05) is 30.7 Å². The van der Waals surface area contributed by atoms with Gasteiger partial charge >= 0.3 is 5.69 Å². The van der Waals surface area contributed by atoms with Crippen molar-refractivity contribution in [1.82, 2.24) is 28.6 Å². The van der Waals surface area contributed by atoms with Gasteiger partial charge in [-0.3, -0.25) is 23.8 Å². The van der Waals surface area contributed by atoms with Gasteiger partial charge in [0.2, 0.25) is 0 Å². The third-order valence-electron chi connectivity index (χ3n) is 5.82. The Morgan fingerprint density at radius 1 is 1.17 bits per heavy atom. The molecule has 4 rings (SSSR count). The lowest BCUT2D eigenvalue weighted by atomic mass is 10.0. The maximum atomic E-state index is 12.8. The van der Waals surface area contributed by atoms with E-state index in [9.17, 15) is 9.59 Å². The summed E-state index contributed by atoms with van der Waals surface area (Å²) in [5.41, 5.74) is 1.07. The highest BCUT2D eigenvalue weighted by Gasteiger charge is 2.33. The number of aryl methyl sites for hydroxylation is 1. The lowest BCUT2D eigenvalue weighted by molar-refractivity contribution is 0.170. The molecule has 4 heterocycles. The maximum Gasteiger partial charge on any atom is 0.332 e. The molecule has 3 aromatic heterocycles. The summed E-state index contributed by atoms with van der Waals surface area (Å²) in [5.74, 6) is 0. The monoisotopic (exact) mass is 412 g/mol. The first kappa shape index (κ1) is 22.0. The Morgan fingerprint density at radius 3 is 2.57 bits per heavy atom. The van der Waals surface area contributed by atoms with Gasteiger partial charge in [-0.05, 0) is 44.9 Å². The lowest BCUT2D eigenvalue weighted by Gasteiger charge is -2.35. The second-order valence-corrected chi connectivity index (χ2v) is 8.22. The minimum atomic E-state index is -0.372. The van der Waals surface area contributed by atoms with Crippen LogP contribution in [-0.2, 0) is 19.6 Å². The van der Waals surface area contributed by atoms with Crippen LogP contribution in [0.15, 0.2) is 40.4 Å². The van der Waals surface area contributed by atoms with Gasteiger partial charge in [-0.15, -0.1) is 0 Å². The summed E-state index contributed by atoms with van der Waals surface area (Å²) in [6.45, 7) is 9.99. The van der Waals surface area contributed by atoms with E-state index >= 15 is 0 Å². The summed E-state index contributed by atoms with van der Waals surface area (Å²) >= 11 is 0. The largest absolute Gasteiger partial charge is 0.332 e. The summed E-state index contributed by atoms with van der Waals surface area (Å²) in [4.78, 5) is 36.1. The summed E-state index contributed by atoms with van der Waals surface area (Å²) in [5, 5.41) is 0. The zero-order chi connectivity index (χ0) is 22.1. The molecule has 162 valence electrons. The van der Waals surface area contributed by atoms with Gasteiger partial charge in [-0.2, -0.15) is 0 Å². The molecule has 0 amide bonds. The summed E-state index contributed by atoms with van der Waals surface area (Å²) < 4.78 is 4.49. The Hall–Kier alpha value is -2.74. The molecule has 0 bridgehead atoms. The Kier molecular flexibility index (Phi) is 6.26. The SMILES string of the molecule is CC.Cn1c(=O)c2c(ncn2C(C)(C)CN2CCCC2c2cccnc2)n(C)c1=O. The molecule has 1 unspecified atom stereocenters. The molecule has 0 aliphatic carbocycles. The van der Waals surface area contributed by atoms with E-state index in [0.29, 0.717) is 17.2 Å². The van der Waals surface area contributed by atoms with E-state index in [1.54, 1.807) is 19.6 Å². The van der Waals surface area contributed by atoms with Crippen LogP contribution in [0.25, 0.3) is 11.2 Å². The normalized spacial score (nSPS) is 17.2. The Balaban J connectivity index is 0.00000124. The molecule has 0 saturated carbocycles. The molecule has 1 fully saturated rings. The Morgan fingerprint density at radius 2 is 1.90 bits per heavy atom. The molecule has 1 saturated heterocycles. The molecule has 0 spiro atoms. The quantitative estimate of drug-likeness (QED) is 0.658. The molecule has 0 radical (unpaired) electrons. The van der Waals surface area contributed by atoms with Crippen LogP contribution < -0.4 is 11.2 Å². The highest BCUT2D eigenvalue weighted by Crippen LogP contribution is 2.34. The van der Waals surface area contributed by atoms with Gasteiger partial charge in [0.25, 0.3) is 5.56 Å². The smallest absolute Gasteiger partial charge is 0.318 e. The van der Waals surface area contributed by atoms with Crippen molar-refractivity contribution in [2.75, 3.05) is 13.1 Å². The topological polar surface area (TPSA) is 78.0 Å². The van der Waals surface area contributed by atoms with Crippen LogP contribution in [0.2, 0.25) is 0 Å². The van der Waals surface area contributed by atoms with Crippen LogP contribution in [0, 0.1) is 0 Å². The number of rotatable bonds is 4. The van der Waals surface area contributed by atoms with Crippen LogP contribution in [0.5, 0.6) is 0 Å². The predicted octanol–water partition coefficient (Wildman–Crippen LogP) is 2.43. The zero-order valence-corrected chi connectivity index (χ0v) is 18.8. The van der Waals surface area contributed by atoms with E-state index in [0.717, 1.165) is 30.5 Å². The lowest BCUT2D eigenvalue weighted by Crippen LogP contribution is -2.43. The minimum Gasteiger partial charge on any atom is -0.318 e. The van der Waals surface area contributed by atoms with Crippen LogP contribution >= 0.6 is 0 Å². The molecule has 0 aromatic carbocycles. The molecule has 1 aliphatic heterocycles. The van der Waals surface area contributed by atoms with Gasteiger partial charge in [-0.25, -0.2) is 9.78 Å². The number of imidazole rings is 1. The Labute approximate surface area is 176 Å². The molecule has 8 nitrogen and oxygen atoms in total. The third-order valence-corrected chi connectivity index (χ3v) is 5.82. The van der Waals surface area contributed by atoms with Gasteiger partial charge in [0.1, 0.15) is 0 Å². The number of aromatic nitrogens is 5. The second kappa shape index (κ2) is 8.55. The highest BCUT2D eigenvalue weighted by molar-refractivity contribution is 5.70. The fourth-order valence-corrected chi connectivity index (χ4v) is 4.34. The van der Waals surface area contributed by atoms with Crippen molar-refractivity contribution in [1.29, 1.82) is 0 Å². The van der Waals surface area contributed by atoms with Crippen molar-refractivity contribution in [3.63, 3.8) is 0 Å². The standard InChI is InChI=1S/C20H26N6O2.C2H6/c1-20(2,12-25-10-6-8-15(25)14-7-5-9-21-11-14)26-13-22-17-16(26)18(27)24(4)19(28)23(17)3;1-2/h5,7,9,11,13,15H,6,8,10,12H2,1-4H3;1-2H3. The summed E-state index contributed by atoms with van der Waals surface area (Å²) in [7, 11) is 3.15. The molecular formula is C22H32N6O2. The number of likely N-dealkylation sites (tertiary alicyclic amines) is 1. The Bertz CT molecular complexity index is 1130.